The van der Waals surface area contributed by atoms with Crippen molar-refractivity contribution >= 4 is 17.5 Å². The average molecular weight is 306 g/mol. The van der Waals surface area contributed by atoms with Crippen LogP contribution >= 0.6 is 0 Å². The summed E-state index contributed by atoms with van der Waals surface area (Å²) in [5, 5.41) is 8.26. The number of nitrogens with one attached hydrogen (secondary N) is 1. The number of anilines is 1. The lowest BCUT2D eigenvalue weighted by molar-refractivity contribution is 0.0601. The van der Waals surface area contributed by atoms with Gasteiger partial charge in [-0.15, -0.1) is 0 Å². The summed E-state index contributed by atoms with van der Waals surface area (Å²) in [5.41, 5.74) is 7.45. The monoisotopic (exact) mass is 306 g/mol. The number of esters is 1. The lowest BCUT2D eigenvalue weighted by Crippen LogP contribution is -2.47. The quantitative estimate of drug-likeness (QED) is 0.376. The van der Waals surface area contributed by atoms with Crippen LogP contribution in [-0.2, 0) is 4.74 Å². The van der Waals surface area contributed by atoms with E-state index in [1.807, 2.05) is 18.7 Å². The van der Waals surface area contributed by atoms with E-state index in [1.54, 1.807) is 18.2 Å². The first-order valence-electron chi connectivity index (χ1n) is 7.53. The van der Waals surface area contributed by atoms with Gasteiger partial charge in [-0.05, 0) is 25.2 Å². The summed E-state index contributed by atoms with van der Waals surface area (Å²) in [6.07, 6.45) is 0. The van der Waals surface area contributed by atoms with Gasteiger partial charge in [-0.2, -0.15) is 0 Å². The minimum absolute atomic E-state index is 0.403. The number of nitrogen functional groups attached to an aromatic ring is 1. The molecule has 1 heterocycles. The van der Waals surface area contributed by atoms with Crippen LogP contribution in [0.1, 0.15) is 29.8 Å². The second-order valence-electron chi connectivity index (χ2n) is 4.93. The first-order chi connectivity index (χ1) is 10.5. The van der Waals surface area contributed by atoms with E-state index in [4.69, 9.17) is 11.1 Å². The van der Waals surface area contributed by atoms with Crippen LogP contribution in [0.5, 0.6) is 0 Å². The molecule has 0 bridgehead atoms. The van der Waals surface area contributed by atoms with Crippen molar-refractivity contribution in [1.82, 2.24) is 9.80 Å². The molecule has 1 aromatic rings. The molecule has 1 aromatic carbocycles. The van der Waals surface area contributed by atoms with Crippen LogP contribution in [0.2, 0.25) is 0 Å². The van der Waals surface area contributed by atoms with Gasteiger partial charge in [0.2, 0.25) is 0 Å². The Morgan fingerprint density at radius 2 is 1.82 bits per heavy atom. The molecule has 0 radical (unpaired) electrons. The molecule has 1 aliphatic heterocycles. The summed E-state index contributed by atoms with van der Waals surface area (Å²) in [6, 6.07) is 4.91. The van der Waals surface area contributed by atoms with Crippen molar-refractivity contribution in [2.45, 2.75) is 13.8 Å². The van der Waals surface area contributed by atoms with Gasteiger partial charge < -0.3 is 20.3 Å². The Morgan fingerprint density at radius 3 is 2.32 bits per heavy atom. The zero-order chi connectivity index (χ0) is 16.7. The second kappa shape index (κ2) is 8.38. The summed E-state index contributed by atoms with van der Waals surface area (Å²) in [5.74, 6) is -0.0126. The Kier molecular flexibility index (Phi) is 6.85. The van der Waals surface area contributed by atoms with E-state index in [0.29, 0.717) is 22.6 Å². The second-order valence-corrected chi connectivity index (χ2v) is 4.93. The maximum atomic E-state index is 11.4. The van der Waals surface area contributed by atoms with Crippen LogP contribution in [0.3, 0.4) is 0 Å². The maximum absolute atomic E-state index is 11.4. The molecule has 0 unspecified atom stereocenters. The number of ether oxygens (including phenoxy) is 1. The maximum Gasteiger partial charge on any atom is 0.337 e. The minimum atomic E-state index is -0.422. The van der Waals surface area contributed by atoms with Gasteiger partial charge in [0.1, 0.15) is 5.84 Å². The Hall–Kier alpha value is -2.08. The van der Waals surface area contributed by atoms with E-state index < -0.39 is 5.97 Å². The number of hydrogen-bond donors (Lipinski definition) is 2. The number of likely N-dealkylation sites (N-methyl/N-ethyl adjacent to an activating group) is 1. The fraction of sp³-hybridized carbons (Fsp3) is 0.500. The number of benzene rings is 1. The number of methoxy groups -OCH3 is 1. The van der Waals surface area contributed by atoms with Gasteiger partial charge in [0, 0.05) is 37.4 Å². The third kappa shape index (κ3) is 4.21. The van der Waals surface area contributed by atoms with Gasteiger partial charge in [0.05, 0.1) is 12.7 Å². The van der Waals surface area contributed by atoms with Crippen LogP contribution in [0.15, 0.2) is 18.2 Å². The number of rotatable bonds is 2. The van der Waals surface area contributed by atoms with E-state index in [1.165, 1.54) is 7.11 Å². The van der Waals surface area contributed by atoms with Crippen molar-refractivity contribution in [2.75, 3.05) is 46.1 Å². The van der Waals surface area contributed by atoms with Gasteiger partial charge in [-0.25, -0.2) is 4.79 Å². The van der Waals surface area contributed by atoms with Crippen molar-refractivity contribution in [1.29, 1.82) is 5.41 Å². The van der Waals surface area contributed by atoms with Gasteiger partial charge in [0.25, 0.3) is 0 Å². The smallest absolute Gasteiger partial charge is 0.337 e. The highest BCUT2D eigenvalue weighted by Gasteiger charge is 2.19. The first kappa shape index (κ1) is 18.0. The highest BCUT2D eigenvalue weighted by molar-refractivity contribution is 6.02. The Labute approximate surface area is 132 Å². The van der Waals surface area contributed by atoms with Gasteiger partial charge in [-0.1, -0.05) is 13.8 Å². The summed E-state index contributed by atoms with van der Waals surface area (Å²) in [7, 11) is 3.40. The number of nitrogens with two attached hydrogens (primary N) is 1. The molecular formula is C16H26N4O2. The Balaban J connectivity index is 0.00000116. The van der Waals surface area contributed by atoms with E-state index in [9.17, 15) is 4.79 Å². The lowest BCUT2D eigenvalue weighted by atomic mass is 10.1. The highest BCUT2D eigenvalue weighted by Crippen LogP contribution is 2.18. The van der Waals surface area contributed by atoms with E-state index >= 15 is 0 Å². The molecule has 1 saturated heterocycles. The Morgan fingerprint density at radius 1 is 1.23 bits per heavy atom. The van der Waals surface area contributed by atoms with Crippen molar-refractivity contribution in [3.8, 4) is 0 Å². The minimum Gasteiger partial charge on any atom is -0.465 e. The number of piperazine rings is 1. The lowest BCUT2D eigenvalue weighted by Gasteiger charge is -2.34. The summed E-state index contributed by atoms with van der Waals surface area (Å²) >= 11 is 0. The molecule has 0 spiro atoms. The van der Waals surface area contributed by atoms with Crippen LogP contribution in [-0.4, -0.2) is 61.9 Å². The predicted molar refractivity (Wildman–Crippen MR) is 89.4 cm³/mol. The number of amidine groups is 1. The van der Waals surface area contributed by atoms with E-state index in [2.05, 4.69) is 16.7 Å². The standard InChI is InChI=1S/C14H20N4O2.C2H6/c1-17-5-7-18(8-6-17)13(16)11-4-3-10(9-12(11)15)14(19)20-2;1-2/h3-4,9,16H,5-8,15H2,1-2H3;1-2H3. The molecular weight excluding hydrogens is 280 g/mol. The third-order valence-electron chi connectivity index (χ3n) is 3.55. The van der Waals surface area contributed by atoms with Crippen molar-refractivity contribution in [3.63, 3.8) is 0 Å². The van der Waals surface area contributed by atoms with Gasteiger partial charge in [-0.3, -0.25) is 5.41 Å². The molecule has 3 N–H and O–H groups in total. The summed E-state index contributed by atoms with van der Waals surface area (Å²) in [6.45, 7) is 7.49. The fourth-order valence-electron chi connectivity index (χ4n) is 2.22. The largest absolute Gasteiger partial charge is 0.465 e. The Bertz CT molecular complexity index is 523. The molecule has 0 aromatic heterocycles. The van der Waals surface area contributed by atoms with Crippen molar-refractivity contribution < 1.29 is 9.53 Å². The molecule has 22 heavy (non-hydrogen) atoms. The van der Waals surface area contributed by atoms with Crippen LogP contribution in [0, 0.1) is 5.41 Å². The van der Waals surface area contributed by atoms with Crippen molar-refractivity contribution in [2.24, 2.45) is 0 Å². The highest BCUT2D eigenvalue weighted by atomic mass is 16.5. The molecule has 122 valence electrons. The summed E-state index contributed by atoms with van der Waals surface area (Å²) in [4.78, 5) is 15.7. The topological polar surface area (TPSA) is 82.7 Å². The molecule has 0 saturated carbocycles. The SMILES string of the molecule is CC.COC(=O)c1ccc(C(=N)N2CCN(C)CC2)c(N)c1. The first-order valence-corrected chi connectivity index (χ1v) is 7.53. The number of hydrogen-bond acceptors (Lipinski definition) is 5. The number of carbonyl (C=O) groups is 1. The van der Waals surface area contributed by atoms with Crippen molar-refractivity contribution in [3.05, 3.63) is 29.3 Å². The van der Waals surface area contributed by atoms with E-state index in [0.717, 1.165) is 26.2 Å². The molecule has 1 aliphatic rings. The normalized spacial score (nSPS) is 14.8. The predicted octanol–water partition coefficient (Wildman–Crippen LogP) is 1.65. The zero-order valence-corrected chi connectivity index (χ0v) is 13.8. The van der Waals surface area contributed by atoms with Crippen LogP contribution in [0.25, 0.3) is 0 Å². The number of nitrogens with zero attached hydrogens (tertiary/aromatic N) is 2. The van der Waals surface area contributed by atoms with Gasteiger partial charge >= 0.3 is 5.97 Å². The molecule has 0 aliphatic carbocycles. The third-order valence-corrected chi connectivity index (χ3v) is 3.55. The summed E-state index contributed by atoms with van der Waals surface area (Å²) < 4.78 is 4.66. The van der Waals surface area contributed by atoms with Crippen LogP contribution in [0.4, 0.5) is 5.69 Å². The van der Waals surface area contributed by atoms with Gasteiger partial charge in [0.15, 0.2) is 0 Å². The molecule has 1 fully saturated rings. The zero-order valence-electron chi connectivity index (χ0n) is 13.8. The molecule has 6 heteroatoms. The molecule has 0 amide bonds. The fourth-order valence-corrected chi connectivity index (χ4v) is 2.22. The van der Waals surface area contributed by atoms with E-state index in [-0.39, 0.29) is 0 Å². The molecule has 2 rings (SSSR count). The van der Waals surface area contributed by atoms with Crippen LogP contribution < -0.4 is 5.73 Å². The average Bonchev–Trinajstić information content (AvgIpc) is 2.56. The molecule has 6 nitrogen and oxygen atoms in total. The molecule has 0 atom stereocenters. The number of carbonyl (C=O) groups excluding carboxylic acids is 1.